The number of aliphatic imine (C=N–C) groups is 1. The number of hydrogen-bond donors (Lipinski definition) is 1. The predicted octanol–water partition coefficient (Wildman–Crippen LogP) is 5.30. The molecule has 2 aliphatic rings. The monoisotopic (exact) mass is 613 g/mol. The zero-order valence-electron chi connectivity index (χ0n) is 21.4. The molecule has 3 aromatic heterocycles. The molecule has 4 aromatic rings. The number of nitrogens with one attached hydrogen (secondary N) is 1. The third-order valence-electron chi connectivity index (χ3n) is 6.94. The Hall–Kier alpha value is -4.00. The molecule has 1 unspecified atom stereocenters. The average Bonchev–Trinajstić information content (AvgIpc) is 3.71. The molecule has 0 spiro atoms. The summed E-state index contributed by atoms with van der Waals surface area (Å²) in [4.78, 5) is 30.5. The average molecular weight is 614 g/mol. The lowest BCUT2D eigenvalue weighted by Gasteiger charge is -2.27. The smallest absolute Gasteiger partial charge is 0.434 e. The maximum Gasteiger partial charge on any atom is 0.434 e. The van der Waals surface area contributed by atoms with Crippen LogP contribution in [0.2, 0.25) is 0 Å². The van der Waals surface area contributed by atoms with Crippen LogP contribution in [-0.4, -0.2) is 37.4 Å². The molecule has 4 heterocycles. The van der Waals surface area contributed by atoms with Gasteiger partial charge in [0.05, 0.1) is 29.4 Å². The highest BCUT2D eigenvalue weighted by molar-refractivity contribution is 9.10. The second-order valence-corrected chi connectivity index (χ2v) is 10.6. The topological polar surface area (TPSA) is 99.2 Å². The molecular weight excluding hydrogens is 591 g/mol. The van der Waals surface area contributed by atoms with Crippen LogP contribution in [0, 0.1) is 0 Å². The van der Waals surface area contributed by atoms with Crippen molar-refractivity contribution in [2.24, 2.45) is 12.0 Å². The fourth-order valence-corrected chi connectivity index (χ4v) is 5.30. The number of ether oxygens (including phenoxy) is 1. The van der Waals surface area contributed by atoms with Gasteiger partial charge >= 0.3 is 6.18 Å². The van der Waals surface area contributed by atoms with E-state index in [1.807, 2.05) is 0 Å². The minimum atomic E-state index is -4.53. The molecule has 206 valence electrons. The fourth-order valence-electron chi connectivity index (χ4n) is 4.84. The van der Waals surface area contributed by atoms with Crippen molar-refractivity contribution in [1.29, 1.82) is 0 Å². The van der Waals surface area contributed by atoms with Gasteiger partial charge in [-0.3, -0.25) is 14.4 Å². The van der Waals surface area contributed by atoms with E-state index in [1.165, 1.54) is 17.9 Å². The summed E-state index contributed by atoms with van der Waals surface area (Å²) >= 11 is 3.36. The minimum absolute atomic E-state index is 0.196. The van der Waals surface area contributed by atoms with E-state index in [4.69, 9.17) is 9.73 Å². The summed E-state index contributed by atoms with van der Waals surface area (Å²) in [5.41, 5.74) is 2.45. The third-order valence-corrected chi connectivity index (χ3v) is 7.51. The first-order valence-electron chi connectivity index (χ1n) is 12.5. The highest BCUT2D eigenvalue weighted by atomic mass is 79.9. The summed E-state index contributed by atoms with van der Waals surface area (Å²) in [5.74, 6) is 1.52. The number of anilines is 1. The Kier molecular flexibility index (Phi) is 6.48. The van der Waals surface area contributed by atoms with Crippen LogP contribution in [0.15, 0.2) is 57.1 Å². The highest BCUT2D eigenvalue weighted by Gasteiger charge is 2.35. The van der Waals surface area contributed by atoms with E-state index in [9.17, 15) is 18.0 Å². The van der Waals surface area contributed by atoms with Crippen molar-refractivity contribution in [1.82, 2.24) is 24.1 Å². The number of hydrogen-bond acceptors (Lipinski definition) is 7. The van der Waals surface area contributed by atoms with Crippen molar-refractivity contribution in [3.63, 3.8) is 0 Å². The number of pyridine rings is 1. The Morgan fingerprint density at radius 2 is 1.93 bits per heavy atom. The SMILES string of the molecule is COc1ncnc(C2CC2)c1C1N=Cc2cc(Br)c(=O)n(Cc3ccc(-c4nc(C(F)(F)F)cn4C)cc3)c2N1. The van der Waals surface area contributed by atoms with Gasteiger partial charge in [0.25, 0.3) is 5.56 Å². The second-order valence-electron chi connectivity index (χ2n) is 9.72. The molecular formula is C27H23BrF3N7O2. The molecule has 0 saturated heterocycles. The molecule has 9 nitrogen and oxygen atoms in total. The van der Waals surface area contributed by atoms with E-state index in [0.29, 0.717) is 27.7 Å². The zero-order chi connectivity index (χ0) is 28.2. The molecule has 1 atom stereocenters. The number of alkyl halides is 3. The maximum absolute atomic E-state index is 13.3. The Balaban J connectivity index is 1.33. The molecule has 13 heteroatoms. The summed E-state index contributed by atoms with van der Waals surface area (Å²) in [6.45, 7) is 0.209. The van der Waals surface area contributed by atoms with Gasteiger partial charge in [0, 0.05) is 36.5 Å². The number of methoxy groups -OCH3 is 1. The number of benzene rings is 1. The predicted molar refractivity (Wildman–Crippen MR) is 146 cm³/mol. The van der Waals surface area contributed by atoms with Gasteiger partial charge in [-0.25, -0.2) is 15.0 Å². The van der Waals surface area contributed by atoms with Crippen LogP contribution >= 0.6 is 15.9 Å². The number of aromatic nitrogens is 5. The van der Waals surface area contributed by atoms with Gasteiger partial charge in [0.2, 0.25) is 5.88 Å². The van der Waals surface area contributed by atoms with Gasteiger partial charge in [-0.15, -0.1) is 0 Å². The summed E-state index contributed by atoms with van der Waals surface area (Å²) < 4.78 is 48.2. The van der Waals surface area contributed by atoms with E-state index in [1.54, 1.807) is 48.2 Å². The highest BCUT2D eigenvalue weighted by Crippen LogP contribution is 2.45. The van der Waals surface area contributed by atoms with Gasteiger partial charge in [-0.2, -0.15) is 13.2 Å². The Labute approximate surface area is 234 Å². The molecule has 1 aliphatic carbocycles. The first kappa shape index (κ1) is 26.2. The Morgan fingerprint density at radius 3 is 2.58 bits per heavy atom. The molecule has 40 heavy (non-hydrogen) atoms. The lowest BCUT2D eigenvalue weighted by molar-refractivity contribution is -0.140. The minimum Gasteiger partial charge on any atom is -0.481 e. The van der Waals surface area contributed by atoms with Crippen LogP contribution in [0.5, 0.6) is 5.88 Å². The Morgan fingerprint density at radius 1 is 1.18 bits per heavy atom. The van der Waals surface area contributed by atoms with Gasteiger partial charge < -0.3 is 14.6 Å². The first-order valence-corrected chi connectivity index (χ1v) is 13.2. The molecule has 1 saturated carbocycles. The van der Waals surface area contributed by atoms with Gasteiger partial charge in [-0.1, -0.05) is 24.3 Å². The molecule has 1 N–H and O–H groups in total. The van der Waals surface area contributed by atoms with Crippen LogP contribution in [0.4, 0.5) is 19.0 Å². The van der Waals surface area contributed by atoms with Crippen LogP contribution in [0.3, 0.4) is 0 Å². The third kappa shape index (κ3) is 4.78. The number of aryl methyl sites for hydroxylation is 1. The molecule has 1 aromatic carbocycles. The molecule has 0 bridgehead atoms. The van der Waals surface area contributed by atoms with Gasteiger partial charge in [-0.05, 0) is 40.4 Å². The summed E-state index contributed by atoms with van der Waals surface area (Å²) in [7, 11) is 3.07. The quantitative estimate of drug-likeness (QED) is 0.317. The molecule has 0 amide bonds. The summed E-state index contributed by atoms with van der Waals surface area (Å²) in [6, 6.07) is 8.64. The van der Waals surface area contributed by atoms with Crippen LogP contribution in [0.25, 0.3) is 11.4 Å². The van der Waals surface area contributed by atoms with Gasteiger partial charge in [0.1, 0.15) is 18.0 Å². The number of rotatable bonds is 6. The van der Waals surface area contributed by atoms with Crippen molar-refractivity contribution in [2.75, 3.05) is 12.4 Å². The molecule has 0 radical (unpaired) electrons. The van der Waals surface area contributed by atoms with Crippen LogP contribution < -0.4 is 15.6 Å². The lowest BCUT2D eigenvalue weighted by atomic mass is 10.1. The van der Waals surface area contributed by atoms with Crippen molar-refractivity contribution in [3.8, 4) is 17.3 Å². The maximum atomic E-state index is 13.3. The van der Waals surface area contributed by atoms with E-state index < -0.39 is 18.0 Å². The molecule has 6 rings (SSSR count). The molecule has 1 aliphatic heterocycles. The van der Waals surface area contributed by atoms with E-state index in [2.05, 4.69) is 36.2 Å². The number of fused-ring (bicyclic) bond motifs is 1. The number of imidazole rings is 1. The summed E-state index contributed by atoms with van der Waals surface area (Å²) in [6.07, 6.45) is 1.14. The van der Waals surface area contributed by atoms with Gasteiger partial charge in [0.15, 0.2) is 11.9 Å². The molecule has 1 fully saturated rings. The van der Waals surface area contributed by atoms with Crippen LogP contribution in [0.1, 0.15) is 53.0 Å². The van der Waals surface area contributed by atoms with Crippen molar-refractivity contribution in [3.05, 3.63) is 85.8 Å². The fraction of sp³-hybridized carbons (Fsp3) is 0.296. The van der Waals surface area contributed by atoms with Crippen molar-refractivity contribution in [2.45, 2.75) is 37.6 Å². The van der Waals surface area contributed by atoms with Crippen LogP contribution in [-0.2, 0) is 19.8 Å². The summed E-state index contributed by atoms with van der Waals surface area (Å²) in [5, 5.41) is 3.39. The number of nitrogens with zero attached hydrogens (tertiary/aromatic N) is 6. The zero-order valence-corrected chi connectivity index (χ0v) is 23.0. The number of halogens is 4. The largest absolute Gasteiger partial charge is 0.481 e. The van der Waals surface area contributed by atoms with E-state index >= 15 is 0 Å². The van der Waals surface area contributed by atoms with E-state index in [-0.39, 0.29) is 17.9 Å². The first-order chi connectivity index (χ1) is 19.1. The lowest BCUT2D eigenvalue weighted by Crippen LogP contribution is -2.29. The van der Waals surface area contributed by atoms with Crippen molar-refractivity contribution < 1.29 is 17.9 Å². The van der Waals surface area contributed by atoms with Crippen molar-refractivity contribution >= 4 is 28.0 Å². The standard InChI is InChI=1S/C27H23BrF3N7O2/c1-37-12-19(27(29,30)31)35-23(37)16-5-3-14(4-6-16)11-38-24-17(9-18(28)26(38)39)10-32-22(36-24)20-21(15-7-8-15)33-13-34-25(20)40-2/h3-6,9-10,12-13,15,22,36H,7-8,11H2,1-2H3. The second kappa shape index (κ2) is 9.88. The normalized spacial score (nSPS) is 16.5. The van der Waals surface area contributed by atoms with E-state index in [0.717, 1.165) is 41.4 Å². The Bertz CT molecular complexity index is 1690.